The third-order valence-corrected chi connectivity index (χ3v) is 5.24. The molecule has 3 rings (SSSR count). The number of fused-ring (bicyclic) bond motifs is 1. The summed E-state index contributed by atoms with van der Waals surface area (Å²) in [7, 11) is 0. The molecule has 7 heteroatoms. The molecular formula is C17H16N2O3S2. The van der Waals surface area contributed by atoms with Gasteiger partial charge in [0.05, 0.1) is 18.4 Å². The van der Waals surface area contributed by atoms with Crippen LogP contribution < -0.4 is 4.74 Å². The molecule has 0 aliphatic carbocycles. The second kappa shape index (κ2) is 7.63. The molecule has 1 N–H and O–H groups in total. The van der Waals surface area contributed by atoms with Crippen LogP contribution in [-0.4, -0.2) is 33.4 Å². The van der Waals surface area contributed by atoms with E-state index in [4.69, 9.17) is 9.84 Å². The van der Waals surface area contributed by atoms with Crippen molar-refractivity contribution in [2.75, 3.05) is 12.4 Å². The number of thiophene rings is 1. The van der Waals surface area contributed by atoms with E-state index in [1.54, 1.807) is 11.3 Å². The zero-order valence-electron chi connectivity index (χ0n) is 13.1. The molecule has 0 radical (unpaired) electrons. The van der Waals surface area contributed by atoms with Crippen molar-refractivity contribution in [1.29, 1.82) is 0 Å². The van der Waals surface area contributed by atoms with E-state index in [1.165, 1.54) is 18.1 Å². The van der Waals surface area contributed by atoms with E-state index >= 15 is 0 Å². The zero-order chi connectivity index (χ0) is 16.9. The van der Waals surface area contributed by atoms with Crippen LogP contribution in [-0.2, 0) is 4.79 Å². The molecule has 0 amide bonds. The Balaban J connectivity index is 1.94. The van der Waals surface area contributed by atoms with E-state index in [1.807, 2.05) is 31.2 Å². The second-order valence-electron chi connectivity index (χ2n) is 4.96. The summed E-state index contributed by atoms with van der Waals surface area (Å²) in [6.07, 6.45) is 1.64. The van der Waals surface area contributed by atoms with Gasteiger partial charge >= 0.3 is 5.97 Å². The molecule has 0 fully saturated rings. The first kappa shape index (κ1) is 16.7. The van der Waals surface area contributed by atoms with Crippen molar-refractivity contribution >= 4 is 39.3 Å². The normalized spacial score (nSPS) is 10.9. The van der Waals surface area contributed by atoms with Gasteiger partial charge in [0, 0.05) is 16.7 Å². The van der Waals surface area contributed by atoms with Crippen molar-refractivity contribution in [3.8, 4) is 16.9 Å². The van der Waals surface area contributed by atoms with Gasteiger partial charge < -0.3 is 9.84 Å². The molecule has 2 aromatic heterocycles. The molecule has 0 aliphatic rings. The van der Waals surface area contributed by atoms with Crippen LogP contribution in [0.1, 0.15) is 13.3 Å². The predicted octanol–water partition coefficient (Wildman–Crippen LogP) is 4.32. The van der Waals surface area contributed by atoms with Crippen molar-refractivity contribution in [1.82, 2.24) is 9.97 Å². The first-order chi connectivity index (χ1) is 11.7. The van der Waals surface area contributed by atoms with Gasteiger partial charge in [-0.05, 0) is 24.6 Å². The van der Waals surface area contributed by atoms with Crippen LogP contribution in [0.3, 0.4) is 0 Å². The van der Waals surface area contributed by atoms with Crippen LogP contribution in [0.15, 0.2) is 41.0 Å². The summed E-state index contributed by atoms with van der Waals surface area (Å²) in [5.74, 6) is 0.526. The molecule has 0 unspecified atom stereocenters. The van der Waals surface area contributed by atoms with Gasteiger partial charge in [-0.2, -0.15) is 0 Å². The van der Waals surface area contributed by atoms with E-state index in [-0.39, 0.29) is 6.42 Å². The number of aromatic nitrogens is 2. The molecule has 5 nitrogen and oxygen atoms in total. The quantitative estimate of drug-likeness (QED) is 0.500. The Kier molecular flexibility index (Phi) is 5.32. The fraction of sp³-hybridized carbons (Fsp3) is 0.235. The number of aliphatic carboxylic acids is 1. The van der Waals surface area contributed by atoms with E-state index in [0.717, 1.165) is 32.1 Å². The number of hydrogen-bond donors (Lipinski definition) is 1. The van der Waals surface area contributed by atoms with Crippen LogP contribution in [0.4, 0.5) is 0 Å². The smallest absolute Gasteiger partial charge is 0.304 e. The topological polar surface area (TPSA) is 72.3 Å². The Morgan fingerprint density at radius 1 is 1.29 bits per heavy atom. The van der Waals surface area contributed by atoms with Crippen LogP contribution in [0.2, 0.25) is 0 Å². The lowest BCUT2D eigenvalue weighted by molar-refractivity contribution is -0.136. The number of hydrogen-bond acceptors (Lipinski definition) is 6. The SMILES string of the molecule is CCOc1ccc(-c2csc3ncnc(SCCC(=O)O)c23)cc1. The van der Waals surface area contributed by atoms with E-state index in [9.17, 15) is 4.79 Å². The lowest BCUT2D eigenvalue weighted by Gasteiger charge is -2.06. The molecule has 124 valence electrons. The van der Waals surface area contributed by atoms with Crippen LogP contribution in [0, 0.1) is 0 Å². The van der Waals surface area contributed by atoms with Crippen molar-refractivity contribution in [3.05, 3.63) is 36.0 Å². The van der Waals surface area contributed by atoms with Gasteiger partial charge in [0.2, 0.25) is 0 Å². The van der Waals surface area contributed by atoms with Gasteiger partial charge in [-0.15, -0.1) is 23.1 Å². The van der Waals surface area contributed by atoms with Gasteiger partial charge in [-0.1, -0.05) is 12.1 Å². The maximum Gasteiger partial charge on any atom is 0.304 e. The minimum absolute atomic E-state index is 0.110. The molecule has 0 spiro atoms. The fourth-order valence-corrected chi connectivity index (χ4v) is 4.23. The number of carboxylic acids is 1. The van der Waals surface area contributed by atoms with E-state index in [2.05, 4.69) is 15.3 Å². The van der Waals surface area contributed by atoms with E-state index in [0.29, 0.717) is 12.4 Å². The largest absolute Gasteiger partial charge is 0.494 e. The third-order valence-electron chi connectivity index (χ3n) is 3.37. The third kappa shape index (κ3) is 3.68. The van der Waals surface area contributed by atoms with Gasteiger partial charge in [-0.25, -0.2) is 9.97 Å². The number of carbonyl (C=O) groups is 1. The van der Waals surface area contributed by atoms with Crippen LogP contribution in [0.5, 0.6) is 5.75 Å². The van der Waals surface area contributed by atoms with Crippen molar-refractivity contribution < 1.29 is 14.6 Å². The Labute approximate surface area is 147 Å². The second-order valence-corrected chi connectivity index (χ2v) is 6.90. The maximum atomic E-state index is 10.7. The monoisotopic (exact) mass is 360 g/mol. The highest BCUT2D eigenvalue weighted by Gasteiger charge is 2.14. The van der Waals surface area contributed by atoms with Crippen LogP contribution >= 0.6 is 23.1 Å². The molecule has 0 bridgehead atoms. The van der Waals surface area contributed by atoms with Crippen molar-refractivity contribution in [3.63, 3.8) is 0 Å². The molecule has 0 atom stereocenters. The number of thioether (sulfide) groups is 1. The highest BCUT2D eigenvalue weighted by Crippen LogP contribution is 2.38. The number of benzene rings is 1. The summed E-state index contributed by atoms with van der Waals surface area (Å²) in [6.45, 7) is 2.59. The summed E-state index contributed by atoms with van der Waals surface area (Å²) >= 11 is 3.02. The van der Waals surface area contributed by atoms with E-state index < -0.39 is 5.97 Å². The van der Waals surface area contributed by atoms with Crippen molar-refractivity contribution in [2.24, 2.45) is 0 Å². The molecule has 0 aliphatic heterocycles. The molecule has 24 heavy (non-hydrogen) atoms. The average molecular weight is 360 g/mol. The standard InChI is InChI=1S/C17H16N2O3S2/c1-2-22-12-5-3-11(4-6-12)13-9-24-17-15(13)16(18-10-19-17)23-8-7-14(20)21/h3-6,9-10H,2,7-8H2,1H3,(H,20,21). The first-order valence-electron chi connectivity index (χ1n) is 7.49. The minimum atomic E-state index is -0.801. The van der Waals surface area contributed by atoms with Gasteiger partial charge in [0.25, 0.3) is 0 Å². The zero-order valence-corrected chi connectivity index (χ0v) is 14.7. The van der Waals surface area contributed by atoms with Crippen molar-refractivity contribution in [2.45, 2.75) is 18.4 Å². The molecule has 2 heterocycles. The fourth-order valence-electron chi connectivity index (χ4n) is 2.30. The Morgan fingerprint density at radius 3 is 2.79 bits per heavy atom. The number of ether oxygens (including phenoxy) is 1. The summed E-state index contributed by atoms with van der Waals surface area (Å²) in [6, 6.07) is 7.93. The highest BCUT2D eigenvalue weighted by molar-refractivity contribution is 7.99. The predicted molar refractivity (Wildman–Crippen MR) is 97.0 cm³/mol. The maximum absolute atomic E-state index is 10.7. The highest BCUT2D eigenvalue weighted by atomic mass is 32.2. The molecule has 3 aromatic rings. The first-order valence-corrected chi connectivity index (χ1v) is 9.35. The summed E-state index contributed by atoms with van der Waals surface area (Å²) < 4.78 is 5.48. The van der Waals surface area contributed by atoms with Gasteiger partial charge in [-0.3, -0.25) is 4.79 Å². The lowest BCUT2D eigenvalue weighted by Crippen LogP contribution is -1.96. The molecular weight excluding hydrogens is 344 g/mol. The summed E-state index contributed by atoms with van der Waals surface area (Å²) in [4.78, 5) is 20.3. The number of nitrogens with zero attached hydrogens (tertiary/aromatic N) is 2. The number of carboxylic acid groups (broad SMARTS) is 1. The minimum Gasteiger partial charge on any atom is -0.494 e. The average Bonchev–Trinajstić information content (AvgIpc) is 3.00. The molecule has 0 saturated carbocycles. The molecule has 0 saturated heterocycles. The van der Waals surface area contributed by atoms with Gasteiger partial charge in [0.1, 0.15) is 21.9 Å². The van der Waals surface area contributed by atoms with Crippen LogP contribution in [0.25, 0.3) is 21.3 Å². The Morgan fingerprint density at radius 2 is 2.08 bits per heavy atom. The van der Waals surface area contributed by atoms with Gasteiger partial charge in [0.15, 0.2) is 0 Å². The summed E-state index contributed by atoms with van der Waals surface area (Å²) in [5.41, 5.74) is 2.14. The molecule has 1 aromatic carbocycles. The lowest BCUT2D eigenvalue weighted by atomic mass is 10.1. The Hall–Kier alpha value is -2.12. The summed E-state index contributed by atoms with van der Waals surface area (Å²) in [5, 5.41) is 12.7. The number of rotatable bonds is 7. The Bertz CT molecular complexity index is 847.